The van der Waals surface area contributed by atoms with Crippen molar-refractivity contribution in [1.82, 2.24) is 5.32 Å². The van der Waals surface area contributed by atoms with Crippen LogP contribution in [0.1, 0.15) is 34.1 Å². The molecule has 3 nitrogen and oxygen atoms in total. The van der Waals surface area contributed by atoms with Gasteiger partial charge in [0.2, 0.25) is 5.91 Å². The van der Waals surface area contributed by atoms with Gasteiger partial charge < -0.3 is 11.1 Å². The first kappa shape index (κ1) is 14.8. The maximum absolute atomic E-state index is 11.6. The van der Waals surface area contributed by atoms with Crippen molar-refractivity contribution in [2.24, 2.45) is 11.7 Å². The van der Waals surface area contributed by atoms with Crippen molar-refractivity contribution >= 4 is 17.7 Å². The normalized spacial score (nSPS) is 15.1. The Morgan fingerprint density at radius 3 is 2.40 bits per heavy atom. The molecule has 0 bridgehead atoms. The summed E-state index contributed by atoms with van der Waals surface area (Å²) < 4.78 is 0. The smallest absolute Gasteiger partial charge is 0.232 e. The van der Waals surface area contributed by atoms with E-state index in [2.05, 4.69) is 19.2 Å². The van der Waals surface area contributed by atoms with E-state index in [-0.39, 0.29) is 17.2 Å². The minimum Gasteiger partial charge on any atom is -0.355 e. The van der Waals surface area contributed by atoms with E-state index in [9.17, 15) is 4.79 Å². The second-order valence-corrected chi connectivity index (χ2v) is 5.87. The quantitative estimate of drug-likeness (QED) is 0.701. The Balaban J connectivity index is 3.60. The molecule has 2 unspecified atom stereocenters. The summed E-state index contributed by atoms with van der Waals surface area (Å²) >= 11 is 1.67. The molecule has 1 amide bonds. The lowest BCUT2D eigenvalue weighted by Gasteiger charge is -2.13. The van der Waals surface area contributed by atoms with Crippen LogP contribution in [0.4, 0.5) is 0 Å². The van der Waals surface area contributed by atoms with Gasteiger partial charge in [-0.2, -0.15) is 0 Å². The maximum atomic E-state index is 11.6. The lowest BCUT2D eigenvalue weighted by Crippen LogP contribution is -2.33. The summed E-state index contributed by atoms with van der Waals surface area (Å²) in [5.74, 6) is 1.60. The zero-order valence-electron chi connectivity index (χ0n) is 10.2. The largest absolute Gasteiger partial charge is 0.355 e. The van der Waals surface area contributed by atoms with Gasteiger partial charge in [-0.25, -0.2) is 0 Å². The molecule has 0 fully saturated rings. The van der Waals surface area contributed by atoms with Gasteiger partial charge in [0.05, 0.1) is 5.25 Å². The van der Waals surface area contributed by atoms with Crippen molar-refractivity contribution in [3.05, 3.63) is 0 Å². The standard InChI is InChI=1S/C11H24N2OS/c1-8(2)7-13-11(14)10(4)15-6-5-9(3)12/h8-10H,5-7,12H2,1-4H3,(H,13,14). The number of hydrogen-bond donors (Lipinski definition) is 2. The van der Waals surface area contributed by atoms with E-state index in [0.29, 0.717) is 5.92 Å². The summed E-state index contributed by atoms with van der Waals surface area (Å²) in [6.07, 6.45) is 0.965. The lowest BCUT2D eigenvalue weighted by atomic mass is 10.2. The number of thioether (sulfide) groups is 1. The van der Waals surface area contributed by atoms with Gasteiger partial charge in [-0.05, 0) is 31.9 Å². The predicted molar refractivity (Wildman–Crippen MR) is 68.0 cm³/mol. The van der Waals surface area contributed by atoms with Gasteiger partial charge >= 0.3 is 0 Å². The van der Waals surface area contributed by atoms with Crippen LogP contribution >= 0.6 is 11.8 Å². The minimum absolute atomic E-state index is 0.0301. The summed E-state index contributed by atoms with van der Waals surface area (Å²) in [6, 6.07) is 0.225. The highest BCUT2D eigenvalue weighted by atomic mass is 32.2. The van der Waals surface area contributed by atoms with Crippen LogP contribution in [0.2, 0.25) is 0 Å². The third-order valence-electron chi connectivity index (χ3n) is 1.99. The molecular weight excluding hydrogens is 208 g/mol. The Bertz CT molecular complexity index is 183. The first-order chi connectivity index (χ1) is 6.93. The summed E-state index contributed by atoms with van der Waals surface area (Å²) in [7, 11) is 0. The number of rotatable bonds is 7. The Kier molecular flexibility index (Phi) is 7.88. The van der Waals surface area contributed by atoms with E-state index in [1.807, 2.05) is 13.8 Å². The molecule has 0 aromatic carbocycles. The molecular formula is C11H24N2OS. The highest BCUT2D eigenvalue weighted by Crippen LogP contribution is 2.12. The third-order valence-corrected chi connectivity index (χ3v) is 3.18. The van der Waals surface area contributed by atoms with Gasteiger partial charge in [-0.15, -0.1) is 11.8 Å². The first-order valence-corrected chi connectivity index (χ1v) is 6.63. The van der Waals surface area contributed by atoms with Crippen molar-refractivity contribution in [2.75, 3.05) is 12.3 Å². The van der Waals surface area contributed by atoms with Gasteiger partial charge in [0.25, 0.3) is 0 Å². The molecule has 2 atom stereocenters. The molecule has 0 saturated carbocycles. The second-order valence-electron chi connectivity index (χ2n) is 4.42. The van der Waals surface area contributed by atoms with Crippen LogP contribution in [0.3, 0.4) is 0 Å². The fraction of sp³-hybridized carbons (Fsp3) is 0.909. The molecule has 0 aliphatic rings. The molecule has 15 heavy (non-hydrogen) atoms. The molecule has 0 aromatic heterocycles. The van der Waals surface area contributed by atoms with E-state index in [0.717, 1.165) is 18.7 Å². The molecule has 3 N–H and O–H groups in total. The molecule has 0 rings (SSSR count). The van der Waals surface area contributed by atoms with Crippen LogP contribution in [0.15, 0.2) is 0 Å². The van der Waals surface area contributed by atoms with Gasteiger partial charge in [-0.1, -0.05) is 13.8 Å². The lowest BCUT2D eigenvalue weighted by molar-refractivity contribution is -0.120. The molecule has 0 aliphatic carbocycles. The van der Waals surface area contributed by atoms with Crippen molar-refractivity contribution < 1.29 is 4.79 Å². The SMILES string of the molecule is CC(C)CNC(=O)C(C)SCCC(C)N. The summed E-state index contributed by atoms with van der Waals surface area (Å²) in [4.78, 5) is 11.6. The number of hydrogen-bond acceptors (Lipinski definition) is 3. The topological polar surface area (TPSA) is 55.1 Å². The second kappa shape index (κ2) is 7.99. The van der Waals surface area contributed by atoms with E-state index in [4.69, 9.17) is 5.73 Å². The Labute approximate surface area is 97.6 Å². The van der Waals surface area contributed by atoms with Crippen LogP contribution < -0.4 is 11.1 Å². The van der Waals surface area contributed by atoms with Crippen LogP contribution in [0.25, 0.3) is 0 Å². The van der Waals surface area contributed by atoms with Crippen molar-refractivity contribution in [2.45, 2.75) is 45.4 Å². The average molecular weight is 232 g/mol. The molecule has 4 heteroatoms. The van der Waals surface area contributed by atoms with Gasteiger partial charge in [0.1, 0.15) is 0 Å². The van der Waals surface area contributed by atoms with Gasteiger partial charge in [0, 0.05) is 12.6 Å². The highest BCUT2D eigenvalue weighted by Gasteiger charge is 2.12. The fourth-order valence-corrected chi connectivity index (χ4v) is 2.05. The maximum Gasteiger partial charge on any atom is 0.232 e. The zero-order chi connectivity index (χ0) is 11.8. The van der Waals surface area contributed by atoms with E-state index < -0.39 is 0 Å². The average Bonchev–Trinajstić information content (AvgIpc) is 2.13. The number of nitrogens with one attached hydrogen (secondary N) is 1. The molecule has 0 spiro atoms. The Morgan fingerprint density at radius 2 is 1.93 bits per heavy atom. The summed E-state index contributed by atoms with van der Waals surface area (Å²) in [5.41, 5.74) is 5.64. The monoisotopic (exact) mass is 232 g/mol. The Morgan fingerprint density at radius 1 is 1.33 bits per heavy atom. The first-order valence-electron chi connectivity index (χ1n) is 5.58. The van der Waals surface area contributed by atoms with Crippen LogP contribution in [-0.4, -0.2) is 29.5 Å². The molecule has 0 saturated heterocycles. The molecule has 0 aliphatic heterocycles. The highest BCUT2D eigenvalue weighted by molar-refractivity contribution is 8.00. The van der Waals surface area contributed by atoms with Crippen LogP contribution in [0.5, 0.6) is 0 Å². The van der Waals surface area contributed by atoms with Gasteiger partial charge in [-0.3, -0.25) is 4.79 Å². The van der Waals surface area contributed by atoms with Crippen LogP contribution in [0, 0.1) is 5.92 Å². The van der Waals surface area contributed by atoms with Gasteiger partial charge in [0.15, 0.2) is 0 Å². The fourth-order valence-electron chi connectivity index (χ4n) is 0.955. The van der Waals surface area contributed by atoms with Crippen LogP contribution in [-0.2, 0) is 4.79 Å². The Hall–Kier alpha value is -0.220. The van der Waals surface area contributed by atoms with E-state index in [1.54, 1.807) is 11.8 Å². The number of nitrogens with two attached hydrogens (primary N) is 1. The summed E-state index contributed by atoms with van der Waals surface area (Å²) in [5, 5.41) is 2.96. The predicted octanol–water partition coefficient (Wildman–Crippen LogP) is 1.62. The number of amides is 1. The van der Waals surface area contributed by atoms with E-state index in [1.165, 1.54) is 0 Å². The summed E-state index contributed by atoms with van der Waals surface area (Å²) in [6.45, 7) is 8.88. The molecule has 0 heterocycles. The third kappa shape index (κ3) is 8.75. The number of carbonyl (C=O) groups excluding carboxylic acids is 1. The van der Waals surface area contributed by atoms with E-state index >= 15 is 0 Å². The zero-order valence-corrected chi connectivity index (χ0v) is 11.1. The van der Waals surface area contributed by atoms with Crippen molar-refractivity contribution in [3.8, 4) is 0 Å². The molecule has 0 radical (unpaired) electrons. The molecule has 90 valence electrons. The van der Waals surface area contributed by atoms with Crippen molar-refractivity contribution in [1.29, 1.82) is 0 Å². The minimum atomic E-state index is 0.0301. The number of carbonyl (C=O) groups is 1. The molecule has 0 aromatic rings. The van der Waals surface area contributed by atoms with Crippen molar-refractivity contribution in [3.63, 3.8) is 0 Å².